The first-order valence-corrected chi connectivity index (χ1v) is 7.48. The third kappa shape index (κ3) is 4.36. The van der Waals surface area contributed by atoms with Crippen molar-refractivity contribution in [1.29, 1.82) is 0 Å². The van der Waals surface area contributed by atoms with Gasteiger partial charge in [0.15, 0.2) is 0 Å². The van der Waals surface area contributed by atoms with E-state index in [1.165, 1.54) is 0 Å². The van der Waals surface area contributed by atoms with E-state index in [2.05, 4.69) is 10.6 Å². The molecule has 1 aliphatic heterocycles. The average Bonchev–Trinajstić information content (AvgIpc) is 2.89. The smallest absolute Gasteiger partial charge is 0.255 e. The lowest BCUT2D eigenvalue weighted by Gasteiger charge is -2.14. The van der Waals surface area contributed by atoms with Crippen LogP contribution in [-0.2, 0) is 4.79 Å². The van der Waals surface area contributed by atoms with Gasteiger partial charge in [0, 0.05) is 24.0 Å². The molecule has 0 bridgehead atoms. The number of hydrogen-bond acceptors (Lipinski definition) is 3. The fourth-order valence-corrected chi connectivity index (χ4v) is 2.33. The summed E-state index contributed by atoms with van der Waals surface area (Å²) in [6.07, 6.45) is 2.12. The lowest BCUT2D eigenvalue weighted by molar-refractivity contribution is -0.119. The average molecular weight is 311 g/mol. The van der Waals surface area contributed by atoms with Crippen LogP contribution in [0, 0.1) is 0 Å². The van der Waals surface area contributed by atoms with Crippen LogP contribution in [0.25, 0.3) is 0 Å². The number of nitrogens with one attached hydrogen (secondary N) is 2. The standard InChI is InChI=1S/C15H19ClN2O3/c1-2-7-21-13-5-3-10(16)8-12(13)15(20)17-9-11-4-6-14(19)18-11/h3,5,8,11H,2,4,6-7,9H2,1H3,(H,17,20)(H,18,19)/t11-/m0/s1. The van der Waals surface area contributed by atoms with Crippen molar-refractivity contribution in [1.82, 2.24) is 10.6 Å². The number of carbonyl (C=O) groups is 2. The first-order chi connectivity index (χ1) is 10.1. The molecule has 5 nitrogen and oxygen atoms in total. The zero-order valence-electron chi connectivity index (χ0n) is 11.9. The summed E-state index contributed by atoms with van der Waals surface area (Å²) >= 11 is 5.95. The van der Waals surface area contributed by atoms with Gasteiger partial charge in [-0.05, 0) is 31.0 Å². The number of hydrogen-bond donors (Lipinski definition) is 2. The molecule has 6 heteroatoms. The molecule has 2 amide bonds. The summed E-state index contributed by atoms with van der Waals surface area (Å²) in [6, 6.07) is 4.99. The van der Waals surface area contributed by atoms with Gasteiger partial charge in [-0.15, -0.1) is 0 Å². The number of ether oxygens (including phenoxy) is 1. The van der Waals surface area contributed by atoms with Crippen molar-refractivity contribution in [3.63, 3.8) is 0 Å². The largest absolute Gasteiger partial charge is 0.493 e. The maximum absolute atomic E-state index is 12.3. The molecule has 1 aromatic carbocycles. The Bertz CT molecular complexity index is 534. The SMILES string of the molecule is CCCOc1ccc(Cl)cc1C(=O)NC[C@@H]1CCC(=O)N1. The molecule has 1 saturated heterocycles. The lowest BCUT2D eigenvalue weighted by Crippen LogP contribution is -2.38. The summed E-state index contributed by atoms with van der Waals surface area (Å²) in [4.78, 5) is 23.4. The molecule has 1 heterocycles. The van der Waals surface area contributed by atoms with Crippen molar-refractivity contribution in [2.75, 3.05) is 13.2 Å². The van der Waals surface area contributed by atoms with E-state index < -0.39 is 0 Å². The summed E-state index contributed by atoms with van der Waals surface area (Å²) in [5.41, 5.74) is 0.417. The normalized spacial score (nSPS) is 17.4. The van der Waals surface area contributed by atoms with E-state index in [-0.39, 0.29) is 17.9 Å². The highest BCUT2D eigenvalue weighted by Gasteiger charge is 2.22. The van der Waals surface area contributed by atoms with E-state index in [9.17, 15) is 9.59 Å². The highest BCUT2D eigenvalue weighted by atomic mass is 35.5. The van der Waals surface area contributed by atoms with Crippen molar-refractivity contribution in [2.45, 2.75) is 32.2 Å². The van der Waals surface area contributed by atoms with Gasteiger partial charge in [0.1, 0.15) is 5.75 Å². The van der Waals surface area contributed by atoms with Crippen molar-refractivity contribution < 1.29 is 14.3 Å². The molecule has 1 atom stereocenters. The molecule has 0 unspecified atom stereocenters. The molecule has 21 heavy (non-hydrogen) atoms. The molecule has 2 rings (SSSR count). The molecule has 0 aromatic heterocycles. The second kappa shape index (κ2) is 7.31. The van der Waals surface area contributed by atoms with Gasteiger partial charge in [-0.25, -0.2) is 0 Å². The molecular weight excluding hydrogens is 292 g/mol. The van der Waals surface area contributed by atoms with E-state index >= 15 is 0 Å². The molecule has 1 fully saturated rings. The first-order valence-electron chi connectivity index (χ1n) is 7.10. The number of amides is 2. The van der Waals surface area contributed by atoms with E-state index in [0.29, 0.717) is 35.9 Å². The predicted octanol–water partition coefficient (Wildman–Crippen LogP) is 2.14. The van der Waals surface area contributed by atoms with Gasteiger partial charge in [0.25, 0.3) is 5.91 Å². The second-order valence-corrected chi connectivity index (χ2v) is 5.44. The van der Waals surface area contributed by atoms with E-state index in [4.69, 9.17) is 16.3 Å². The van der Waals surface area contributed by atoms with Crippen LogP contribution >= 0.6 is 11.6 Å². The van der Waals surface area contributed by atoms with Gasteiger partial charge in [-0.2, -0.15) is 0 Å². The highest BCUT2D eigenvalue weighted by Crippen LogP contribution is 2.23. The topological polar surface area (TPSA) is 67.4 Å². The van der Waals surface area contributed by atoms with Gasteiger partial charge >= 0.3 is 0 Å². The Kier molecular flexibility index (Phi) is 5.44. The Morgan fingerprint density at radius 2 is 2.33 bits per heavy atom. The molecule has 0 radical (unpaired) electrons. The minimum absolute atomic E-state index is 0.000597. The van der Waals surface area contributed by atoms with Crippen molar-refractivity contribution in [2.24, 2.45) is 0 Å². The Hall–Kier alpha value is -1.75. The van der Waals surface area contributed by atoms with Crippen LogP contribution in [0.15, 0.2) is 18.2 Å². The van der Waals surface area contributed by atoms with Gasteiger partial charge in [-0.1, -0.05) is 18.5 Å². The summed E-state index contributed by atoms with van der Waals surface area (Å²) in [5, 5.41) is 6.11. The Morgan fingerprint density at radius 3 is 3.00 bits per heavy atom. The quantitative estimate of drug-likeness (QED) is 0.846. The van der Waals surface area contributed by atoms with Gasteiger partial charge in [0.05, 0.1) is 12.2 Å². The summed E-state index contributed by atoms with van der Waals surface area (Å²) in [7, 11) is 0. The van der Waals surface area contributed by atoms with Crippen LogP contribution in [0.3, 0.4) is 0 Å². The minimum atomic E-state index is -0.246. The van der Waals surface area contributed by atoms with E-state index in [1.807, 2.05) is 6.92 Å². The molecule has 0 spiro atoms. The number of carbonyl (C=O) groups excluding carboxylic acids is 2. The van der Waals surface area contributed by atoms with Gasteiger partial charge < -0.3 is 15.4 Å². The fraction of sp³-hybridized carbons (Fsp3) is 0.467. The number of halogens is 1. The van der Waals surface area contributed by atoms with Crippen LogP contribution in [0.2, 0.25) is 5.02 Å². The van der Waals surface area contributed by atoms with Crippen LogP contribution in [0.5, 0.6) is 5.75 Å². The van der Waals surface area contributed by atoms with Crippen LogP contribution < -0.4 is 15.4 Å². The summed E-state index contributed by atoms with van der Waals surface area (Å²) < 4.78 is 5.56. The highest BCUT2D eigenvalue weighted by molar-refractivity contribution is 6.31. The molecular formula is C15H19ClN2O3. The molecule has 1 aliphatic rings. The van der Waals surface area contributed by atoms with Crippen LogP contribution in [-0.4, -0.2) is 31.0 Å². The Labute approximate surface area is 129 Å². The van der Waals surface area contributed by atoms with Crippen molar-refractivity contribution >= 4 is 23.4 Å². The zero-order chi connectivity index (χ0) is 15.2. The van der Waals surface area contributed by atoms with Crippen LogP contribution in [0.1, 0.15) is 36.5 Å². The molecule has 1 aromatic rings. The van der Waals surface area contributed by atoms with Crippen molar-refractivity contribution in [3.8, 4) is 5.75 Å². The maximum Gasteiger partial charge on any atom is 0.255 e. The molecule has 0 saturated carbocycles. The fourth-order valence-electron chi connectivity index (χ4n) is 2.16. The van der Waals surface area contributed by atoms with E-state index in [1.54, 1.807) is 18.2 Å². The third-order valence-electron chi connectivity index (χ3n) is 3.24. The molecule has 114 valence electrons. The lowest BCUT2D eigenvalue weighted by atomic mass is 10.1. The number of rotatable bonds is 6. The second-order valence-electron chi connectivity index (χ2n) is 5.00. The van der Waals surface area contributed by atoms with Gasteiger partial charge in [-0.3, -0.25) is 9.59 Å². The zero-order valence-corrected chi connectivity index (χ0v) is 12.7. The van der Waals surface area contributed by atoms with Crippen molar-refractivity contribution in [3.05, 3.63) is 28.8 Å². The molecule has 0 aliphatic carbocycles. The summed E-state index contributed by atoms with van der Waals surface area (Å²) in [5.74, 6) is 0.308. The Balaban J connectivity index is 2.00. The third-order valence-corrected chi connectivity index (χ3v) is 3.48. The monoisotopic (exact) mass is 310 g/mol. The minimum Gasteiger partial charge on any atom is -0.493 e. The maximum atomic E-state index is 12.3. The van der Waals surface area contributed by atoms with Gasteiger partial charge in [0.2, 0.25) is 5.91 Å². The van der Waals surface area contributed by atoms with E-state index in [0.717, 1.165) is 12.8 Å². The Morgan fingerprint density at radius 1 is 1.52 bits per heavy atom. The number of benzene rings is 1. The summed E-state index contributed by atoms with van der Waals surface area (Å²) in [6.45, 7) is 2.95. The van der Waals surface area contributed by atoms with Crippen LogP contribution in [0.4, 0.5) is 0 Å². The first kappa shape index (κ1) is 15.6. The predicted molar refractivity (Wildman–Crippen MR) is 80.7 cm³/mol. The molecule has 2 N–H and O–H groups in total.